The van der Waals surface area contributed by atoms with Gasteiger partial charge in [-0.25, -0.2) is 4.79 Å². The van der Waals surface area contributed by atoms with Crippen molar-refractivity contribution in [3.8, 4) is 11.5 Å². The fourth-order valence-corrected chi connectivity index (χ4v) is 1.94. The molecule has 0 aliphatic carbocycles. The van der Waals surface area contributed by atoms with E-state index in [-0.39, 0.29) is 31.1 Å². The molecule has 0 aliphatic heterocycles. The predicted octanol–water partition coefficient (Wildman–Crippen LogP) is 2.44. The zero-order valence-corrected chi connectivity index (χ0v) is 13.5. The fourth-order valence-electron chi connectivity index (χ4n) is 1.81. The van der Waals surface area contributed by atoms with E-state index in [0.29, 0.717) is 10.8 Å². The maximum Gasteiger partial charge on any atom is 0.342 e. The number of ether oxygens (including phenoxy) is 3. The summed E-state index contributed by atoms with van der Waals surface area (Å²) in [6, 6.07) is 13.3. The van der Waals surface area contributed by atoms with Crippen LogP contribution >= 0.6 is 11.6 Å². The van der Waals surface area contributed by atoms with Gasteiger partial charge in [-0.05, 0) is 36.4 Å². The smallest absolute Gasteiger partial charge is 0.342 e. The van der Waals surface area contributed by atoms with Crippen LogP contribution in [0.15, 0.2) is 48.5 Å². The second kappa shape index (κ2) is 8.79. The molecule has 1 amide bonds. The summed E-state index contributed by atoms with van der Waals surface area (Å²) in [6.07, 6.45) is 0. The number of benzene rings is 2. The Labute approximate surface area is 144 Å². The molecule has 0 radical (unpaired) electrons. The summed E-state index contributed by atoms with van der Waals surface area (Å²) < 4.78 is 15.8. The van der Waals surface area contributed by atoms with Gasteiger partial charge in [0.25, 0.3) is 5.91 Å². The Bertz CT molecular complexity index is 702. The average Bonchev–Trinajstić information content (AvgIpc) is 2.58. The molecule has 0 aromatic heterocycles. The number of esters is 1. The van der Waals surface area contributed by atoms with Crippen LogP contribution in [0.4, 0.5) is 0 Å². The minimum Gasteiger partial charge on any atom is -0.490 e. The van der Waals surface area contributed by atoms with E-state index in [9.17, 15) is 9.59 Å². The van der Waals surface area contributed by atoms with Crippen molar-refractivity contribution in [3.05, 3.63) is 59.1 Å². The maximum absolute atomic E-state index is 12.1. The number of amides is 1. The predicted molar refractivity (Wildman–Crippen MR) is 88.4 cm³/mol. The Balaban J connectivity index is 1.84. The number of nitrogens with two attached hydrogens (primary N) is 1. The van der Waals surface area contributed by atoms with E-state index < -0.39 is 11.9 Å². The van der Waals surface area contributed by atoms with E-state index in [1.165, 1.54) is 0 Å². The van der Waals surface area contributed by atoms with Gasteiger partial charge in [0.2, 0.25) is 0 Å². The number of para-hydroxylation sites is 1. The van der Waals surface area contributed by atoms with Gasteiger partial charge in [-0.2, -0.15) is 0 Å². The van der Waals surface area contributed by atoms with Gasteiger partial charge in [-0.1, -0.05) is 23.7 Å². The molecule has 2 aromatic carbocycles. The van der Waals surface area contributed by atoms with Crippen LogP contribution in [0.3, 0.4) is 0 Å². The lowest BCUT2D eigenvalue weighted by Crippen LogP contribution is -2.21. The van der Waals surface area contributed by atoms with E-state index in [1.54, 1.807) is 48.5 Å². The molecule has 0 saturated heterocycles. The maximum atomic E-state index is 12.1. The monoisotopic (exact) mass is 349 g/mol. The zero-order valence-electron chi connectivity index (χ0n) is 12.7. The molecule has 2 N–H and O–H groups in total. The molecule has 2 rings (SSSR count). The summed E-state index contributed by atoms with van der Waals surface area (Å²) in [6.45, 7) is -0.0622. The second-order valence-electron chi connectivity index (χ2n) is 4.69. The number of hydrogen-bond donors (Lipinski definition) is 1. The summed E-state index contributed by atoms with van der Waals surface area (Å²) >= 11 is 5.78. The van der Waals surface area contributed by atoms with Crippen molar-refractivity contribution in [2.24, 2.45) is 5.73 Å². The standard InChI is InChI=1S/C17H16ClNO5/c18-12-5-7-13(8-6-12)22-9-10-23-17(21)14-3-1-2-4-15(14)24-11-16(19)20/h1-8H,9-11H2,(H2,19,20). The summed E-state index contributed by atoms with van der Waals surface area (Å²) in [5.74, 6) is -0.343. The van der Waals surface area contributed by atoms with Gasteiger partial charge in [0.1, 0.15) is 30.3 Å². The van der Waals surface area contributed by atoms with Crippen molar-refractivity contribution in [2.45, 2.75) is 0 Å². The molecular weight excluding hydrogens is 334 g/mol. The summed E-state index contributed by atoms with van der Waals surface area (Å²) in [5.41, 5.74) is 5.24. The molecule has 0 unspecified atom stereocenters. The topological polar surface area (TPSA) is 87.9 Å². The van der Waals surface area contributed by atoms with Crippen molar-refractivity contribution in [1.82, 2.24) is 0 Å². The highest BCUT2D eigenvalue weighted by Crippen LogP contribution is 2.19. The third-order valence-electron chi connectivity index (χ3n) is 2.88. The molecule has 7 heteroatoms. The van der Waals surface area contributed by atoms with E-state index in [2.05, 4.69) is 0 Å². The van der Waals surface area contributed by atoms with E-state index in [1.807, 2.05) is 0 Å². The fraction of sp³-hybridized carbons (Fsp3) is 0.176. The van der Waals surface area contributed by atoms with Crippen molar-refractivity contribution < 1.29 is 23.8 Å². The van der Waals surface area contributed by atoms with Crippen LogP contribution in [0.2, 0.25) is 5.02 Å². The van der Waals surface area contributed by atoms with Crippen molar-refractivity contribution >= 4 is 23.5 Å². The van der Waals surface area contributed by atoms with Gasteiger partial charge in [-0.3, -0.25) is 4.79 Å². The van der Waals surface area contributed by atoms with Gasteiger partial charge in [-0.15, -0.1) is 0 Å². The first kappa shape index (κ1) is 17.6. The van der Waals surface area contributed by atoms with Crippen LogP contribution in [-0.2, 0) is 9.53 Å². The van der Waals surface area contributed by atoms with Crippen molar-refractivity contribution in [2.75, 3.05) is 19.8 Å². The summed E-state index contributed by atoms with van der Waals surface area (Å²) in [4.78, 5) is 22.9. The lowest BCUT2D eigenvalue weighted by molar-refractivity contribution is -0.119. The number of rotatable bonds is 8. The van der Waals surface area contributed by atoms with Crippen molar-refractivity contribution in [1.29, 1.82) is 0 Å². The van der Waals surface area contributed by atoms with Crippen LogP contribution in [0.25, 0.3) is 0 Å². The first-order valence-corrected chi connectivity index (χ1v) is 7.49. The summed E-state index contributed by atoms with van der Waals surface area (Å²) in [5, 5.41) is 0.612. The molecule has 0 fully saturated rings. The second-order valence-corrected chi connectivity index (χ2v) is 5.13. The Hall–Kier alpha value is -2.73. The average molecular weight is 350 g/mol. The first-order chi connectivity index (χ1) is 11.6. The SMILES string of the molecule is NC(=O)COc1ccccc1C(=O)OCCOc1ccc(Cl)cc1. The number of primary amides is 1. The molecule has 6 nitrogen and oxygen atoms in total. The van der Waals surface area contributed by atoms with Crippen LogP contribution in [0.5, 0.6) is 11.5 Å². The number of carbonyl (C=O) groups excluding carboxylic acids is 2. The molecule has 24 heavy (non-hydrogen) atoms. The molecule has 0 aliphatic rings. The Kier molecular flexibility index (Phi) is 6.45. The van der Waals surface area contributed by atoms with Crippen LogP contribution in [0, 0.1) is 0 Å². The highest BCUT2D eigenvalue weighted by atomic mass is 35.5. The lowest BCUT2D eigenvalue weighted by atomic mass is 10.2. The van der Waals surface area contributed by atoms with Gasteiger partial charge in [0.15, 0.2) is 6.61 Å². The highest BCUT2D eigenvalue weighted by molar-refractivity contribution is 6.30. The number of halogens is 1. The van der Waals surface area contributed by atoms with Gasteiger partial charge in [0.05, 0.1) is 0 Å². The molecule has 0 bridgehead atoms. The normalized spacial score (nSPS) is 10.0. The minimum absolute atomic E-state index is 0.0611. The quantitative estimate of drug-likeness (QED) is 0.584. The zero-order chi connectivity index (χ0) is 17.4. The first-order valence-electron chi connectivity index (χ1n) is 7.12. The van der Waals surface area contributed by atoms with Gasteiger partial charge >= 0.3 is 5.97 Å². The van der Waals surface area contributed by atoms with E-state index in [4.69, 9.17) is 31.5 Å². The van der Waals surface area contributed by atoms with Crippen LogP contribution in [-0.4, -0.2) is 31.7 Å². The van der Waals surface area contributed by atoms with Crippen LogP contribution in [0.1, 0.15) is 10.4 Å². The van der Waals surface area contributed by atoms with E-state index in [0.717, 1.165) is 0 Å². The number of carbonyl (C=O) groups is 2. The summed E-state index contributed by atoms with van der Waals surface area (Å²) in [7, 11) is 0. The Morgan fingerprint density at radius 1 is 0.958 bits per heavy atom. The van der Waals surface area contributed by atoms with E-state index >= 15 is 0 Å². The minimum atomic E-state index is -0.630. The molecule has 126 valence electrons. The third-order valence-corrected chi connectivity index (χ3v) is 3.13. The van der Waals surface area contributed by atoms with Gasteiger partial charge in [0, 0.05) is 5.02 Å². The molecular formula is C17H16ClNO5. The van der Waals surface area contributed by atoms with Crippen LogP contribution < -0.4 is 15.2 Å². The lowest BCUT2D eigenvalue weighted by Gasteiger charge is -2.10. The largest absolute Gasteiger partial charge is 0.490 e. The Morgan fingerprint density at radius 2 is 1.67 bits per heavy atom. The highest BCUT2D eigenvalue weighted by Gasteiger charge is 2.14. The van der Waals surface area contributed by atoms with Gasteiger partial charge < -0.3 is 19.9 Å². The Morgan fingerprint density at radius 3 is 2.38 bits per heavy atom. The molecule has 0 spiro atoms. The molecule has 0 saturated carbocycles. The molecule has 0 atom stereocenters. The molecule has 0 heterocycles. The molecule has 2 aromatic rings. The van der Waals surface area contributed by atoms with Crippen molar-refractivity contribution in [3.63, 3.8) is 0 Å². The number of hydrogen-bond acceptors (Lipinski definition) is 5. The third kappa shape index (κ3) is 5.48.